The lowest BCUT2D eigenvalue weighted by atomic mass is 10.1. The van der Waals surface area contributed by atoms with Crippen molar-refractivity contribution in [3.63, 3.8) is 0 Å². The molecule has 19 heavy (non-hydrogen) atoms. The Balaban J connectivity index is 2.36. The number of hydrogen-bond acceptors (Lipinski definition) is 5. The molecular weight excluding hydrogens is 256 g/mol. The lowest BCUT2D eigenvalue weighted by Crippen LogP contribution is -2.25. The monoisotopic (exact) mass is 266 g/mol. The van der Waals surface area contributed by atoms with Gasteiger partial charge in [-0.2, -0.15) is 0 Å². The fourth-order valence-electron chi connectivity index (χ4n) is 1.95. The second kappa shape index (κ2) is 4.56. The Morgan fingerprint density at radius 2 is 2.16 bits per heavy atom. The number of nitrogens with zero attached hydrogens (tertiary/aromatic N) is 2. The quantitative estimate of drug-likeness (QED) is 0.614. The van der Waals surface area contributed by atoms with Gasteiger partial charge in [0.1, 0.15) is 5.75 Å². The van der Waals surface area contributed by atoms with E-state index in [1.54, 1.807) is 0 Å². The smallest absolute Gasteiger partial charge is 0.308 e. The zero-order chi connectivity index (χ0) is 14.2. The molecule has 0 radical (unpaired) electrons. The first-order valence-electron chi connectivity index (χ1n) is 5.40. The number of carboxylic acids is 1. The number of non-ortho nitro benzene ring substituents is 1. The normalized spacial score (nSPS) is 18.6. The number of rotatable bonds is 3. The highest BCUT2D eigenvalue weighted by molar-refractivity contribution is 6.00. The Morgan fingerprint density at radius 1 is 1.47 bits per heavy atom. The molecule has 0 spiro atoms. The van der Waals surface area contributed by atoms with Gasteiger partial charge in [-0.25, -0.2) is 0 Å². The van der Waals surface area contributed by atoms with Crippen molar-refractivity contribution in [2.24, 2.45) is 5.92 Å². The Labute approximate surface area is 107 Å². The Bertz CT molecular complexity index is 570. The van der Waals surface area contributed by atoms with E-state index in [0.29, 0.717) is 0 Å². The van der Waals surface area contributed by atoms with Crippen molar-refractivity contribution in [2.45, 2.75) is 6.42 Å². The number of carboxylic acid groups (broad SMARTS) is 1. The molecule has 1 amide bonds. The van der Waals surface area contributed by atoms with E-state index in [2.05, 4.69) is 0 Å². The van der Waals surface area contributed by atoms with Crippen LogP contribution in [-0.4, -0.2) is 33.6 Å². The maximum Gasteiger partial charge on any atom is 0.308 e. The topological polar surface area (TPSA) is 121 Å². The molecule has 1 aromatic carbocycles. The number of nitro groups is 1. The highest BCUT2D eigenvalue weighted by Gasteiger charge is 2.36. The second-order valence-corrected chi connectivity index (χ2v) is 4.17. The van der Waals surface area contributed by atoms with Crippen molar-refractivity contribution in [3.8, 4) is 5.75 Å². The summed E-state index contributed by atoms with van der Waals surface area (Å²) in [5.74, 6) is -2.76. The molecule has 1 unspecified atom stereocenters. The first-order valence-corrected chi connectivity index (χ1v) is 5.40. The molecule has 1 saturated heterocycles. The molecule has 0 saturated carbocycles. The zero-order valence-electron chi connectivity index (χ0n) is 9.65. The maximum absolute atomic E-state index is 11.7. The number of aliphatic carboxylic acids is 1. The third kappa shape index (κ3) is 2.32. The van der Waals surface area contributed by atoms with Crippen molar-refractivity contribution < 1.29 is 24.7 Å². The molecule has 1 fully saturated rings. The van der Waals surface area contributed by atoms with Gasteiger partial charge in [0.25, 0.3) is 5.69 Å². The minimum absolute atomic E-state index is 0.0389. The first kappa shape index (κ1) is 12.8. The number of phenolic OH excluding ortho intramolecular Hbond substituents is 1. The highest BCUT2D eigenvalue weighted by atomic mass is 16.6. The SMILES string of the molecule is O=C(O)C1CC(=O)N(c2cc([N+](=O)[O-])ccc2O)C1. The molecule has 1 aromatic rings. The summed E-state index contributed by atoms with van der Waals surface area (Å²) >= 11 is 0. The number of hydrogen-bond donors (Lipinski definition) is 2. The average molecular weight is 266 g/mol. The van der Waals surface area contributed by atoms with Crippen molar-refractivity contribution in [2.75, 3.05) is 11.4 Å². The minimum atomic E-state index is -1.11. The van der Waals surface area contributed by atoms with E-state index in [9.17, 15) is 24.8 Å². The van der Waals surface area contributed by atoms with E-state index in [1.807, 2.05) is 0 Å². The molecule has 1 atom stereocenters. The Hall–Kier alpha value is -2.64. The molecule has 1 aliphatic heterocycles. The largest absolute Gasteiger partial charge is 0.506 e. The molecule has 2 N–H and O–H groups in total. The van der Waals surface area contributed by atoms with Crippen LogP contribution in [0.5, 0.6) is 5.75 Å². The molecule has 100 valence electrons. The van der Waals surface area contributed by atoms with E-state index in [4.69, 9.17) is 5.11 Å². The molecule has 1 aliphatic rings. The van der Waals surface area contributed by atoms with Crippen LogP contribution in [0.2, 0.25) is 0 Å². The second-order valence-electron chi connectivity index (χ2n) is 4.17. The molecular formula is C11H10N2O6. The molecule has 1 heterocycles. The maximum atomic E-state index is 11.7. The molecule has 8 nitrogen and oxygen atoms in total. The van der Waals surface area contributed by atoms with Crippen LogP contribution >= 0.6 is 0 Å². The minimum Gasteiger partial charge on any atom is -0.506 e. The van der Waals surface area contributed by atoms with Gasteiger partial charge in [0.15, 0.2) is 0 Å². The summed E-state index contributed by atoms with van der Waals surface area (Å²) in [5.41, 5.74) is -0.317. The number of benzene rings is 1. The molecule has 8 heteroatoms. The van der Waals surface area contributed by atoms with Gasteiger partial charge in [-0.15, -0.1) is 0 Å². The van der Waals surface area contributed by atoms with E-state index < -0.39 is 22.7 Å². The third-order valence-corrected chi connectivity index (χ3v) is 2.93. The number of carbonyl (C=O) groups is 2. The van der Waals surface area contributed by atoms with Crippen molar-refractivity contribution >= 4 is 23.3 Å². The number of phenols is 1. The molecule has 0 bridgehead atoms. The van der Waals surface area contributed by atoms with E-state index in [1.165, 1.54) is 0 Å². The lowest BCUT2D eigenvalue weighted by Gasteiger charge is -2.17. The van der Waals surface area contributed by atoms with Crippen molar-refractivity contribution in [3.05, 3.63) is 28.3 Å². The molecule has 2 rings (SSSR count). The fraction of sp³-hybridized carbons (Fsp3) is 0.273. The van der Waals surface area contributed by atoms with E-state index in [-0.39, 0.29) is 30.1 Å². The van der Waals surface area contributed by atoms with Crippen LogP contribution in [0, 0.1) is 16.0 Å². The van der Waals surface area contributed by atoms with Gasteiger partial charge < -0.3 is 15.1 Å². The summed E-state index contributed by atoms with van der Waals surface area (Å²) in [5, 5.41) is 29.2. The van der Waals surface area contributed by atoms with Crippen LogP contribution in [0.3, 0.4) is 0 Å². The number of anilines is 1. The highest BCUT2D eigenvalue weighted by Crippen LogP contribution is 2.35. The number of carbonyl (C=O) groups excluding carboxylic acids is 1. The standard InChI is InChI=1S/C11H10N2O6/c14-9-2-1-7(13(18)19)4-8(9)12-5-6(11(16)17)3-10(12)15/h1-2,4,6,14H,3,5H2,(H,16,17). The first-order chi connectivity index (χ1) is 8.90. The summed E-state index contributed by atoms with van der Waals surface area (Å²) in [7, 11) is 0. The van der Waals surface area contributed by atoms with E-state index >= 15 is 0 Å². The van der Waals surface area contributed by atoms with Crippen molar-refractivity contribution in [1.29, 1.82) is 0 Å². The van der Waals surface area contributed by atoms with Crippen LogP contribution in [0.15, 0.2) is 18.2 Å². The lowest BCUT2D eigenvalue weighted by molar-refractivity contribution is -0.384. The third-order valence-electron chi connectivity index (χ3n) is 2.93. The summed E-state index contributed by atoms with van der Waals surface area (Å²) in [6, 6.07) is 3.26. The van der Waals surface area contributed by atoms with Gasteiger partial charge in [0.2, 0.25) is 5.91 Å². The Morgan fingerprint density at radius 3 is 2.68 bits per heavy atom. The van der Waals surface area contributed by atoms with Crippen molar-refractivity contribution in [1.82, 2.24) is 0 Å². The van der Waals surface area contributed by atoms with Gasteiger partial charge in [-0.3, -0.25) is 19.7 Å². The van der Waals surface area contributed by atoms with Gasteiger partial charge in [-0.05, 0) is 6.07 Å². The van der Waals surface area contributed by atoms with Crippen LogP contribution in [0.25, 0.3) is 0 Å². The van der Waals surface area contributed by atoms with Crippen LogP contribution < -0.4 is 4.90 Å². The number of aromatic hydroxyl groups is 1. The Kier molecular flexibility index (Phi) is 3.07. The molecule has 0 aromatic heterocycles. The summed E-state index contributed by atoms with van der Waals surface area (Å²) in [6.45, 7) is -0.108. The van der Waals surface area contributed by atoms with Gasteiger partial charge >= 0.3 is 5.97 Å². The summed E-state index contributed by atoms with van der Waals surface area (Å²) in [6.07, 6.45) is -0.183. The predicted octanol–water partition coefficient (Wildman–Crippen LogP) is 0.738. The number of nitro benzene ring substituents is 1. The summed E-state index contributed by atoms with van der Waals surface area (Å²) in [4.78, 5) is 33.6. The fourth-order valence-corrected chi connectivity index (χ4v) is 1.95. The van der Waals surface area contributed by atoms with Gasteiger partial charge in [0.05, 0.1) is 16.5 Å². The van der Waals surface area contributed by atoms with Gasteiger partial charge in [0, 0.05) is 25.1 Å². The van der Waals surface area contributed by atoms with E-state index in [0.717, 1.165) is 23.1 Å². The van der Waals surface area contributed by atoms with Crippen LogP contribution in [0.1, 0.15) is 6.42 Å². The summed E-state index contributed by atoms with van der Waals surface area (Å²) < 4.78 is 0. The zero-order valence-corrected chi connectivity index (χ0v) is 9.65. The number of amides is 1. The van der Waals surface area contributed by atoms with Crippen LogP contribution in [-0.2, 0) is 9.59 Å². The molecule has 0 aliphatic carbocycles. The average Bonchev–Trinajstić information content (AvgIpc) is 2.72. The van der Waals surface area contributed by atoms with Crippen LogP contribution in [0.4, 0.5) is 11.4 Å². The predicted molar refractivity (Wildman–Crippen MR) is 62.9 cm³/mol. The van der Waals surface area contributed by atoms with Gasteiger partial charge in [-0.1, -0.05) is 0 Å².